The van der Waals surface area contributed by atoms with Gasteiger partial charge in [-0.15, -0.1) is 0 Å². The van der Waals surface area contributed by atoms with Gasteiger partial charge in [0.2, 0.25) is 0 Å². The van der Waals surface area contributed by atoms with E-state index in [1.165, 1.54) is 12.8 Å². The van der Waals surface area contributed by atoms with Crippen molar-refractivity contribution in [1.82, 2.24) is 0 Å². The van der Waals surface area contributed by atoms with E-state index in [0.717, 1.165) is 12.8 Å². The Hall–Kier alpha value is -0.160. The van der Waals surface area contributed by atoms with Gasteiger partial charge in [0.1, 0.15) is 0 Å². The van der Waals surface area contributed by atoms with Gasteiger partial charge in [-0.2, -0.15) is 0 Å². The largest absolute Gasteiger partial charge is 0.391 e. The van der Waals surface area contributed by atoms with Crippen LogP contribution in [0.2, 0.25) is 0 Å². The van der Waals surface area contributed by atoms with Gasteiger partial charge in [0, 0.05) is 6.42 Å². The van der Waals surface area contributed by atoms with Crippen LogP contribution in [0.4, 0.5) is 0 Å². The molecule has 1 aliphatic heterocycles. The Morgan fingerprint density at radius 3 is 2.45 bits per heavy atom. The molecule has 1 saturated heterocycles. The summed E-state index contributed by atoms with van der Waals surface area (Å²) in [6.45, 7) is 10.8. The second-order valence-electron chi connectivity index (χ2n) is 7.69. The molecule has 0 saturated carbocycles. The van der Waals surface area contributed by atoms with Crippen LogP contribution < -0.4 is 0 Å². The molecular formula is C18H36O4. The average Bonchev–Trinajstić information content (AvgIpc) is 2.78. The lowest BCUT2D eigenvalue weighted by Crippen LogP contribution is -2.41. The summed E-state index contributed by atoms with van der Waals surface area (Å²) in [5, 5.41) is 20.0. The lowest BCUT2D eigenvalue weighted by Gasteiger charge is -2.35. The second-order valence-corrected chi connectivity index (χ2v) is 7.69. The van der Waals surface area contributed by atoms with E-state index in [2.05, 4.69) is 27.7 Å². The van der Waals surface area contributed by atoms with Gasteiger partial charge < -0.3 is 19.7 Å². The van der Waals surface area contributed by atoms with Crippen LogP contribution in [0.3, 0.4) is 0 Å². The van der Waals surface area contributed by atoms with E-state index in [9.17, 15) is 10.2 Å². The Morgan fingerprint density at radius 1 is 1.23 bits per heavy atom. The molecule has 1 fully saturated rings. The number of aliphatic hydroxyl groups excluding tert-OH is 2. The van der Waals surface area contributed by atoms with Gasteiger partial charge in [-0.3, -0.25) is 0 Å². The maximum Gasteiger partial charge on any atom is 0.0887 e. The third-order valence-corrected chi connectivity index (χ3v) is 4.48. The van der Waals surface area contributed by atoms with Crippen molar-refractivity contribution in [2.24, 2.45) is 5.41 Å². The molecule has 1 aliphatic rings. The van der Waals surface area contributed by atoms with Crippen LogP contribution in [-0.4, -0.2) is 47.3 Å². The summed E-state index contributed by atoms with van der Waals surface area (Å²) in [6.07, 6.45) is 4.58. The number of unbranched alkanes of at least 4 members (excludes halogenated alkanes) is 2. The summed E-state index contributed by atoms with van der Waals surface area (Å²) < 4.78 is 12.1. The van der Waals surface area contributed by atoms with Crippen LogP contribution in [-0.2, 0) is 9.47 Å². The predicted molar refractivity (Wildman–Crippen MR) is 88.9 cm³/mol. The summed E-state index contributed by atoms with van der Waals surface area (Å²) >= 11 is 0. The molecule has 2 N–H and O–H groups in total. The highest BCUT2D eigenvalue weighted by atomic mass is 16.6. The van der Waals surface area contributed by atoms with E-state index < -0.39 is 12.2 Å². The fourth-order valence-corrected chi connectivity index (χ4v) is 3.06. The van der Waals surface area contributed by atoms with Gasteiger partial charge in [0.05, 0.1) is 37.1 Å². The van der Waals surface area contributed by atoms with Crippen LogP contribution in [0.15, 0.2) is 0 Å². The van der Waals surface area contributed by atoms with Gasteiger partial charge in [-0.25, -0.2) is 0 Å². The summed E-state index contributed by atoms with van der Waals surface area (Å²) in [4.78, 5) is 0. The molecule has 0 bridgehead atoms. The maximum atomic E-state index is 10.3. The van der Waals surface area contributed by atoms with Crippen molar-refractivity contribution in [3.63, 3.8) is 0 Å². The third kappa shape index (κ3) is 6.15. The standard InChI is InChI=1S/C18H36O4/c1-6-8-9-10-15-14(20)11-16(22-15)17(18(3,4)5)21-12-13(19)7-2/h13-17,19-20H,6-12H2,1-5H3. The lowest BCUT2D eigenvalue weighted by molar-refractivity contribution is -0.130. The number of ether oxygens (including phenoxy) is 2. The Labute approximate surface area is 136 Å². The third-order valence-electron chi connectivity index (χ3n) is 4.48. The topological polar surface area (TPSA) is 58.9 Å². The van der Waals surface area contributed by atoms with Crippen LogP contribution in [0.1, 0.15) is 73.1 Å². The van der Waals surface area contributed by atoms with Crippen LogP contribution in [0, 0.1) is 5.41 Å². The SMILES string of the molecule is CCCCCC1OC(C(OCC(O)CC)C(C)(C)C)CC1O. The maximum absolute atomic E-state index is 10.3. The molecule has 4 nitrogen and oxygen atoms in total. The first-order valence-corrected chi connectivity index (χ1v) is 8.92. The minimum atomic E-state index is -0.434. The molecule has 0 spiro atoms. The Bertz CT molecular complexity index is 300. The van der Waals surface area contributed by atoms with Crippen molar-refractivity contribution in [3.05, 3.63) is 0 Å². The van der Waals surface area contributed by atoms with Crippen LogP contribution >= 0.6 is 0 Å². The van der Waals surface area contributed by atoms with Gasteiger partial charge in [0.15, 0.2) is 0 Å². The normalized spacial score (nSPS) is 28.8. The molecule has 1 rings (SSSR count). The summed E-state index contributed by atoms with van der Waals surface area (Å²) in [5.41, 5.74) is -0.0871. The molecule has 5 atom stereocenters. The molecule has 0 amide bonds. The average molecular weight is 316 g/mol. The molecule has 132 valence electrons. The first-order chi connectivity index (χ1) is 10.3. The van der Waals surface area contributed by atoms with Gasteiger partial charge >= 0.3 is 0 Å². The Morgan fingerprint density at radius 2 is 1.91 bits per heavy atom. The molecule has 1 heterocycles. The molecule has 0 radical (unpaired) electrons. The monoisotopic (exact) mass is 316 g/mol. The van der Waals surface area contributed by atoms with Crippen molar-refractivity contribution < 1.29 is 19.7 Å². The summed E-state index contributed by atoms with van der Waals surface area (Å²) in [5.74, 6) is 0. The van der Waals surface area contributed by atoms with Crippen molar-refractivity contribution in [2.75, 3.05) is 6.61 Å². The molecular weight excluding hydrogens is 280 g/mol. The molecule has 22 heavy (non-hydrogen) atoms. The van der Waals surface area contributed by atoms with E-state index in [1.54, 1.807) is 0 Å². The lowest BCUT2D eigenvalue weighted by atomic mass is 9.84. The Balaban J connectivity index is 2.59. The molecule has 0 aromatic carbocycles. The van der Waals surface area contributed by atoms with Crippen molar-refractivity contribution in [1.29, 1.82) is 0 Å². The van der Waals surface area contributed by atoms with Crippen molar-refractivity contribution in [2.45, 2.75) is 104 Å². The van der Waals surface area contributed by atoms with E-state index in [4.69, 9.17) is 9.47 Å². The van der Waals surface area contributed by atoms with Crippen molar-refractivity contribution >= 4 is 0 Å². The zero-order valence-corrected chi connectivity index (χ0v) is 15.0. The van der Waals surface area contributed by atoms with E-state index in [1.807, 2.05) is 6.92 Å². The van der Waals surface area contributed by atoms with Gasteiger partial charge in [-0.05, 0) is 18.3 Å². The van der Waals surface area contributed by atoms with Gasteiger partial charge in [0.25, 0.3) is 0 Å². The highest BCUT2D eigenvalue weighted by Crippen LogP contribution is 2.35. The zero-order valence-electron chi connectivity index (χ0n) is 15.0. The fraction of sp³-hybridized carbons (Fsp3) is 1.00. The van der Waals surface area contributed by atoms with Gasteiger partial charge in [-0.1, -0.05) is 53.9 Å². The number of aliphatic hydroxyl groups is 2. The zero-order chi connectivity index (χ0) is 16.8. The first kappa shape index (κ1) is 19.9. The number of hydrogen-bond acceptors (Lipinski definition) is 4. The molecule has 4 heteroatoms. The summed E-state index contributed by atoms with van der Waals surface area (Å²) in [7, 11) is 0. The highest BCUT2D eigenvalue weighted by molar-refractivity contribution is 4.91. The smallest absolute Gasteiger partial charge is 0.0887 e. The molecule has 5 unspecified atom stereocenters. The fourth-order valence-electron chi connectivity index (χ4n) is 3.06. The predicted octanol–water partition coefficient (Wildman–Crippen LogP) is 3.29. The molecule has 0 aliphatic carbocycles. The van der Waals surface area contributed by atoms with E-state index in [-0.39, 0.29) is 23.7 Å². The van der Waals surface area contributed by atoms with Crippen molar-refractivity contribution in [3.8, 4) is 0 Å². The van der Waals surface area contributed by atoms with E-state index in [0.29, 0.717) is 19.4 Å². The first-order valence-electron chi connectivity index (χ1n) is 8.92. The van der Waals surface area contributed by atoms with Crippen LogP contribution in [0.25, 0.3) is 0 Å². The minimum Gasteiger partial charge on any atom is -0.391 e. The Kier molecular flexibility index (Phi) is 8.33. The van der Waals surface area contributed by atoms with E-state index >= 15 is 0 Å². The molecule has 0 aromatic heterocycles. The molecule has 0 aromatic rings. The minimum absolute atomic E-state index is 0.0684. The second kappa shape index (κ2) is 9.21. The number of rotatable bonds is 9. The van der Waals surface area contributed by atoms with Crippen LogP contribution in [0.5, 0.6) is 0 Å². The quantitative estimate of drug-likeness (QED) is 0.641. The summed E-state index contributed by atoms with van der Waals surface area (Å²) in [6, 6.07) is 0. The number of hydrogen-bond donors (Lipinski definition) is 2. The highest BCUT2D eigenvalue weighted by Gasteiger charge is 2.42.